The first-order chi connectivity index (χ1) is 19.6. The second-order valence-electron chi connectivity index (χ2n) is 10.8. The molecule has 0 unspecified atom stereocenters. The summed E-state index contributed by atoms with van der Waals surface area (Å²) in [5.74, 6) is -0.852. The molecule has 0 spiro atoms. The van der Waals surface area contributed by atoms with Crippen molar-refractivity contribution in [2.75, 3.05) is 28.6 Å². The van der Waals surface area contributed by atoms with Crippen LogP contribution in [0, 0.1) is 18.8 Å². The minimum atomic E-state index is -5.91. The molecule has 0 fully saturated rings. The van der Waals surface area contributed by atoms with Gasteiger partial charge in [-0.25, -0.2) is 9.52 Å². The fourth-order valence-electron chi connectivity index (χ4n) is 4.32. The van der Waals surface area contributed by atoms with Crippen LogP contribution in [0.15, 0.2) is 66.7 Å². The zero-order valence-electron chi connectivity index (χ0n) is 24.0. The van der Waals surface area contributed by atoms with Crippen LogP contribution in [0.2, 0.25) is 0 Å². The molecule has 3 rings (SSSR count). The summed E-state index contributed by atoms with van der Waals surface area (Å²) in [6.07, 6.45) is 0. The van der Waals surface area contributed by atoms with Gasteiger partial charge in [0.25, 0.3) is 5.91 Å². The minimum Gasteiger partial charge on any atom is -0.369 e. The molecule has 3 N–H and O–H groups in total. The number of carbonyl (C=O) groups is 2. The molecule has 12 heteroatoms. The molecule has 3 aromatic carbocycles. The van der Waals surface area contributed by atoms with Gasteiger partial charge >= 0.3 is 21.6 Å². The molecule has 0 aliphatic heterocycles. The van der Waals surface area contributed by atoms with Gasteiger partial charge in [0.05, 0.1) is 11.4 Å². The minimum absolute atomic E-state index is 0.181. The quantitative estimate of drug-likeness (QED) is 0.231. The second-order valence-corrected chi connectivity index (χ2v) is 12.5. The molecular weight excluding hydrogens is 569 g/mol. The van der Waals surface area contributed by atoms with Crippen LogP contribution in [0.3, 0.4) is 0 Å². The number of halogens is 3. The SMILES string of the molecule is Cc1ccc(NC(=O)Nc2cc(-c3ccccc3C(=O)NS(=O)(=O)C(F)(F)F)ccc2N(CC(C)C)CC(C)C)cc1. The van der Waals surface area contributed by atoms with Crippen molar-refractivity contribution >= 4 is 39.0 Å². The Kier molecular flexibility index (Phi) is 10.3. The maximum atomic E-state index is 13.1. The van der Waals surface area contributed by atoms with E-state index in [0.717, 1.165) is 10.3 Å². The van der Waals surface area contributed by atoms with Gasteiger partial charge < -0.3 is 15.5 Å². The van der Waals surface area contributed by atoms with Crippen molar-refractivity contribution in [3.63, 3.8) is 0 Å². The lowest BCUT2D eigenvalue weighted by molar-refractivity contribution is -0.0446. The molecule has 0 aliphatic carbocycles. The Labute approximate surface area is 244 Å². The molecule has 3 aromatic rings. The summed E-state index contributed by atoms with van der Waals surface area (Å²) < 4.78 is 63.1. The van der Waals surface area contributed by atoms with Gasteiger partial charge in [0.1, 0.15) is 0 Å². The Hall–Kier alpha value is -4.06. The largest absolute Gasteiger partial charge is 0.516 e. The van der Waals surface area contributed by atoms with Crippen molar-refractivity contribution in [2.45, 2.75) is 40.1 Å². The molecule has 0 aliphatic rings. The topological polar surface area (TPSA) is 108 Å². The Morgan fingerprint density at radius 3 is 2.02 bits per heavy atom. The number of nitrogens with one attached hydrogen (secondary N) is 3. The van der Waals surface area contributed by atoms with E-state index in [2.05, 4.69) is 43.2 Å². The molecule has 3 amide bonds. The number of aryl methyl sites for hydroxylation is 1. The first-order valence-electron chi connectivity index (χ1n) is 13.3. The van der Waals surface area contributed by atoms with Crippen LogP contribution in [0.25, 0.3) is 11.1 Å². The Morgan fingerprint density at radius 1 is 0.857 bits per heavy atom. The van der Waals surface area contributed by atoms with Gasteiger partial charge in [0.15, 0.2) is 0 Å². The van der Waals surface area contributed by atoms with E-state index in [9.17, 15) is 31.2 Å². The fraction of sp³-hybridized carbons (Fsp3) is 0.333. The third-order valence-corrected chi connectivity index (χ3v) is 7.14. The predicted molar refractivity (Wildman–Crippen MR) is 160 cm³/mol. The highest BCUT2D eigenvalue weighted by atomic mass is 32.2. The van der Waals surface area contributed by atoms with Gasteiger partial charge in [0, 0.05) is 24.3 Å². The molecule has 226 valence electrons. The van der Waals surface area contributed by atoms with E-state index in [1.165, 1.54) is 18.2 Å². The zero-order chi connectivity index (χ0) is 31.2. The number of amides is 3. The summed E-state index contributed by atoms with van der Waals surface area (Å²) in [6, 6.07) is 17.5. The lowest BCUT2D eigenvalue weighted by atomic mass is 9.98. The average molecular weight is 605 g/mol. The molecule has 0 saturated heterocycles. The lowest BCUT2D eigenvalue weighted by Crippen LogP contribution is -2.40. The molecule has 0 aromatic heterocycles. The number of hydrogen-bond acceptors (Lipinski definition) is 5. The summed E-state index contributed by atoms with van der Waals surface area (Å²) in [5, 5.41) is 5.67. The van der Waals surface area contributed by atoms with Gasteiger partial charge in [-0.3, -0.25) is 4.79 Å². The maximum Gasteiger partial charge on any atom is 0.516 e. The number of hydrogen-bond donors (Lipinski definition) is 3. The van der Waals surface area contributed by atoms with Crippen LogP contribution in [-0.2, 0) is 10.0 Å². The van der Waals surface area contributed by atoms with Crippen LogP contribution < -0.4 is 20.3 Å². The summed E-state index contributed by atoms with van der Waals surface area (Å²) in [6.45, 7) is 11.6. The second kappa shape index (κ2) is 13.3. The van der Waals surface area contributed by atoms with Crippen LogP contribution in [0.4, 0.5) is 35.0 Å². The monoisotopic (exact) mass is 604 g/mol. The van der Waals surface area contributed by atoms with E-state index in [1.807, 2.05) is 19.1 Å². The molecule has 0 heterocycles. The Morgan fingerprint density at radius 2 is 1.45 bits per heavy atom. The number of alkyl halides is 3. The van der Waals surface area contributed by atoms with E-state index in [4.69, 9.17) is 0 Å². The zero-order valence-corrected chi connectivity index (χ0v) is 24.9. The van der Waals surface area contributed by atoms with Crippen LogP contribution >= 0.6 is 0 Å². The number of benzene rings is 3. The molecule has 0 saturated carbocycles. The Balaban J connectivity index is 2.07. The van der Waals surface area contributed by atoms with Crippen LogP contribution in [0.5, 0.6) is 0 Å². The van der Waals surface area contributed by atoms with Gasteiger partial charge in [-0.15, -0.1) is 0 Å². The molecule has 8 nitrogen and oxygen atoms in total. The third-order valence-electron chi connectivity index (χ3n) is 6.08. The fourth-order valence-corrected chi connectivity index (χ4v) is 4.79. The van der Waals surface area contributed by atoms with E-state index in [-0.39, 0.29) is 23.0 Å². The first kappa shape index (κ1) is 32.5. The lowest BCUT2D eigenvalue weighted by Gasteiger charge is -2.31. The normalized spacial score (nSPS) is 11.9. The van der Waals surface area contributed by atoms with Crippen molar-refractivity contribution in [1.82, 2.24) is 4.72 Å². The van der Waals surface area contributed by atoms with Crippen LogP contribution in [0.1, 0.15) is 43.6 Å². The summed E-state index contributed by atoms with van der Waals surface area (Å²) in [7, 11) is -5.91. The average Bonchev–Trinajstić information content (AvgIpc) is 2.88. The molecular formula is C30H35F3N4O4S. The van der Waals surface area contributed by atoms with E-state index in [1.54, 1.807) is 36.4 Å². The summed E-state index contributed by atoms with van der Waals surface area (Å²) >= 11 is 0. The highest BCUT2D eigenvalue weighted by molar-refractivity contribution is 7.90. The molecule has 0 radical (unpaired) electrons. The van der Waals surface area contributed by atoms with Crippen molar-refractivity contribution in [2.24, 2.45) is 11.8 Å². The number of urea groups is 1. The standard InChI is InChI=1S/C30H35F3N4O4S/c1-19(2)17-37(18-20(3)4)27-15-12-22(16-26(27)35-29(39)34-23-13-10-21(5)11-14-23)24-8-6-7-9-25(24)28(38)36-42(40,41)30(31,32)33/h6-16,19-20H,17-18H2,1-5H3,(H,36,38)(H2,34,35,39). The maximum absolute atomic E-state index is 13.1. The van der Waals surface area contributed by atoms with Crippen molar-refractivity contribution < 1.29 is 31.2 Å². The van der Waals surface area contributed by atoms with E-state index < -0.39 is 27.5 Å². The number of nitrogens with zero attached hydrogens (tertiary/aromatic N) is 1. The van der Waals surface area contributed by atoms with Gasteiger partial charge in [0.2, 0.25) is 0 Å². The Bertz CT molecular complexity index is 1510. The smallest absolute Gasteiger partial charge is 0.369 e. The van der Waals surface area contributed by atoms with Crippen molar-refractivity contribution in [3.05, 3.63) is 77.9 Å². The molecule has 42 heavy (non-hydrogen) atoms. The van der Waals surface area contributed by atoms with Gasteiger partial charge in [-0.1, -0.05) is 69.7 Å². The van der Waals surface area contributed by atoms with E-state index in [0.29, 0.717) is 35.7 Å². The highest BCUT2D eigenvalue weighted by Gasteiger charge is 2.47. The molecule has 0 bridgehead atoms. The summed E-state index contributed by atoms with van der Waals surface area (Å²) in [4.78, 5) is 27.9. The first-order valence-corrected chi connectivity index (χ1v) is 14.8. The number of carbonyl (C=O) groups excluding carboxylic acids is 2. The number of sulfonamides is 1. The number of rotatable bonds is 10. The van der Waals surface area contributed by atoms with E-state index >= 15 is 0 Å². The molecule has 0 atom stereocenters. The highest BCUT2D eigenvalue weighted by Crippen LogP contribution is 2.34. The van der Waals surface area contributed by atoms with Crippen LogP contribution in [-0.4, -0.2) is 39.0 Å². The third kappa shape index (κ3) is 8.48. The summed E-state index contributed by atoms with van der Waals surface area (Å²) in [5.41, 5.74) is -2.66. The predicted octanol–water partition coefficient (Wildman–Crippen LogP) is 7.00. The van der Waals surface area contributed by atoms with Gasteiger partial charge in [-0.2, -0.15) is 21.6 Å². The van der Waals surface area contributed by atoms with Crippen molar-refractivity contribution in [3.8, 4) is 11.1 Å². The number of anilines is 3. The van der Waals surface area contributed by atoms with Gasteiger partial charge in [-0.05, 0) is 60.2 Å². The van der Waals surface area contributed by atoms with Crippen molar-refractivity contribution in [1.29, 1.82) is 0 Å².